The third-order valence-corrected chi connectivity index (χ3v) is 4.79. The monoisotopic (exact) mass is 447 g/mol. The summed E-state index contributed by atoms with van der Waals surface area (Å²) in [6.45, 7) is 1.97. The molecule has 33 heavy (non-hydrogen) atoms. The fourth-order valence-electron chi connectivity index (χ4n) is 3.10. The second kappa shape index (κ2) is 10.8. The van der Waals surface area contributed by atoms with Crippen LogP contribution in [0.2, 0.25) is 0 Å². The standard InChI is InChI=1S/C25H25N3O5/c1-16-6-5-7-17(12-16)15-26-28-25(30)20-14-19(31-2)9-10-21(20)27-24(29)18-8-11-22(32-3)23(13-18)33-4/h5-15H,1-4H3,(H,27,29)(H,28,30). The molecule has 0 saturated heterocycles. The van der Waals surface area contributed by atoms with Crippen LogP contribution in [0.4, 0.5) is 5.69 Å². The van der Waals surface area contributed by atoms with E-state index in [2.05, 4.69) is 15.8 Å². The number of nitrogens with one attached hydrogen (secondary N) is 2. The second-order valence-corrected chi connectivity index (χ2v) is 7.05. The number of aryl methyl sites for hydroxylation is 1. The Hall–Kier alpha value is -4.33. The number of carbonyl (C=O) groups excluding carboxylic acids is 2. The molecular formula is C25H25N3O5. The van der Waals surface area contributed by atoms with Gasteiger partial charge in [-0.25, -0.2) is 5.43 Å². The van der Waals surface area contributed by atoms with Crippen LogP contribution in [0.15, 0.2) is 65.8 Å². The van der Waals surface area contributed by atoms with Gasteiger partial charge in [-0.3, -0.25) is 9.59 Å². The number of methoxy groups -OCH3 is 3. The number of nitrogens with zero attached hydrogens (tertiary/aromatic N) is 1. The van der Waals surface area contributed by atoms with E-state index in [0.29, 0.717) is 28.5 Å². The minimum absolute atomic E-state index is 0.199. The van der Waals surface area contributed by atoms with Crippen molar-refractivity contribution in [3.05, 3.63) is 82.9 Å². The van der Waals surface area contributed by atoms with Crippen LogP contribution in [-0.4, -0.2) is 39.4 Å². The predicted molar refractivity (Wildman–Crippen MR) is 127 cm³/mol. The lowest BCUT2D eigenvalue weighted by Gasteiger charge is -2.13. The van der Waals surface area contributed by atoms with E-state index in [1.807, 2.05) is 31.2 Å². The number of hydrogen-bond donors (Lipinski definition) is 2. The van der Waals surface area contributed by atoms with Gasteiger partial charge in [-0.05, 0) is 48.9 Å². The van der Waals surface area contributed by atoms with Crippen molar-refractivity contribution in [3.8, 4) is 17.2 Å². The van der Waals surface area contributed by atoms with Gasteiger partial charge in [0.25, 0.3) is 11.8 Å². The highest BCUT2D eigenvalue weighted by Crippen LogP contribution is 2.28. The summed E-state index contributed by atoms with van der Waals surface area (Å²) < 4.78 is 15.7. The molecule has 0 atom stereocenters. The first kappa shape index (κ1) is 23.3. The van der Waals surface area contributed by atoms with Gasteiger partial charge >= 0.3 is 0 Å². The normalized spacial score (nSPS) is 10.5. The summed E-state index contributed by atoms with van der Waals surface area (Å²) in [5.41, 5.74) is 5.27. The third-order valence-electron chi connectivity index (χ3n) is 4.79. The fraction of sp³-hybridized carbons (Fsp3) is 0.160. The molecule has 0 aliphatic heterocycles. The molecule has 2 N–H and O–H groups in total. The molecule has 3 rings (SSSR count). The lowest BCUT2D eigenvalue weighted by Crippen LogP contribution is -2.21. The zero-order valence-electron chi connectivity index (χ0n) is 18.8. The molecule has 0 radical (unpaired) electrons. The van der Waals surface area contributed by atoms with Gasteiger partial charge in [-0.2, -0.15) is 5.10 Å². The first-order valence-electron chi connectivity index (χ1n) is 10.1. The molecule has 0 unspecified atom stereocenters. The van der Waals surface area contributed by atoms with Gasteiger partial charge in [0.1, 0.15) is 5.75 Å². The lowest BCUT2D eigenvalue weighted by atomic mass is 10.1. The van der Waals surface area contributed by atoms with Crippen LogP contribution in [0.1, 0.15) is 31.8 Å². The number of rotatable bonds is 8. The minimum Gasteiger partial charge on any atom is -0.497 e. The maximum absolute atomic E-state index is 12.8. The van der Waals surface area contributed by atoms with Crippen molar-refractivity contribution in [2.75, 3.05) is 26.6 Å². The smallest absolute Gasteiger partial charge is 0.273 e. The van der Waals surface area contributed by atoms with Crippen molar-refractivity contribution in [1.29, 1.82) is 0 Å². The molecule has 0 spiro atoms. The lowest BCUT2D eigenvalue weighted by molar-refractivity contribution is 0.0955. The SMILES string of the molecule is COc1ccc(NC(=O)c2ccc(OC)c(OC)c2)c(C(=O)NN=Cc2cccc(C)c2)c1. The van der Waals surface area contributed by atoms with Gasteiger partial charge in [-0.15, -0.1) is 0 Å². The van der Waals surface area contributed by atoms with Gasteiger partial charge in [0.05, 0.1) is 38.8 Å². The molecule has 8 nitrogen and oxygen atoms in total. The Bertz CT molecular complexity index is 1190. The summed E-state index contributed by atoms with van der Waals surface area (Å²) in [7, 11) is 4.50. The van der Waals surface area contributed by atoms with Crippen LogP contribution in [0, 0.1) is 6.92 Å². The highest BCUT2D eigenvalue weighted by molar-refractivity contribution is 6.09. The van der Waals surface area contributed by atoms with Crippen molar-refractivity contribution in [2.24, 2.45) is 5.10 Å². The Labute approximate surface area is 192 Å². The molecule has 0 heterocycles. The molecule has 8 heteroatoms. The van der Waals surface area contributed by atoms with Crippen LogP contribution >= 0.6 is 0 Å². The Morgan fingerprint density at radius 3 is 2.33 bits per heavy atom. The van der Waals surface area contributed by atoms with Crippen LogP contribution < -0.4 is 25.0 Å². The van der Waals surface area contributed by atoms with Crippen molar-refractivity contribution < 1.29 is 23.8 Å². The van der Waals surface area contributed by atoms with Crippen LogP contribution in [-0.2, 0) is 0 Å². The van der Waals surface area contributed by atoms with Crippen molar-refractivity contribution in [2.45, 2.75) is 6.92 Å². The number of hydrazone groups is 1. The van der Waals surface area contributed by atoms with Gasteiger partial charge in [0.15, 0.2) is 11.5 Å². The maximum atomic E-state index is 12.8. The molecule has 0 aliphatic carbocycles. The molecular weight excluding hydrogens is 422 g/mol. The van der Waals surface area contributed by atoms with E-state index in [1.165, 1.54) is 27.4 Å². The summed E-state index contributed by atoms with van der Waals surface area (Å²) in [6, 6.07) is 17.3. The molecule has 3 aromatic rings. The van der Waals surface area contributed by atoms with Gasteiger partial charge in [-0.1, -0.05) is 29.8 Å². The molecule has 0 aromatic heterocycles. The van der Waals surface area contributed by atoms with E-state index in [9.17, 15) is 9.59 Å². The molecule has 170 valence electrons. The number of carbonyl (C=O) groups is 2. The Kier molecular flexibility index (Phi) is 7.64. The van der Waals surface area contributed by atoms with E-state index in [1.54, 1.807) is 36.5 Å². The highest BCUT2D eigenvalue weighted by Gasteiger charge is 2.17. The summed E-state index contributed by atoms with van der Waals surface area (Å²) in [6.07, 6.45) is 1.55. The summed E-state index contributed by atoms with van der Waals surface area (Å²) in [5.74, 6) is 0.471. The summed E-state index contributed by atoms with van der Waals surface area (Å²) in [4.78, 5) is 25.7. The van der Waals surface area contributed by atoms with E-state index in [-0.39, 0.29) is 5.56 Å². The summed E-state index contributed by atoms with van der Waals surface area (Å²) in [5, 5.41) is 6.79. The van der Waals surface area contributed by atoms with Crippen molar-refractivity contribution >= 4 is 23.7 Å². The van der Waals surface area contributed by atoms with Gasteiger partial charge < -0.3 is 19.5 Å². The van der Waals surface area contributed by atoms with Crippen LogP contribution in [0.3, 0.4) is 0 Å². The number of anilines is 1. The maximum Gasteiger partial charge on any atom is 0.273 e. The Morgan fingerprint density at radius 2 is 1.64 bits per heavy atom. The van der Waals surface area contributed by atoms with Crippen LogP contribution in [0.25, 0.3) is 0 Å². The minimum atomic E-state index is -0.500. The predicted octanol–water partition coefficient (Wildman–Crippen LogP) is 4.04. The quantitative estimate of drug-likeness (QED) is 0.401. The van der Waals surface area contributed by atoms with Crippen molar-refractivity contribution in [3.63, 3.8) is 0 Å². The average molecular weight is 447 g/mol. The van der Waals surface area contributed by atoms with E-state index in [4.69, 9.17) is 14.2 Å². The first-order valence-corrected chi connectivity index (χ1v) is 10.1. The molecule has 0 saturated carbocycles. The molecule has 3 aromatic carbocycles. The Balaban J connectivity index is 1.81. The summed E-state index contributed by atoms with van der Waals surface area (Å²) >= 11 is 0. The third kappa shape index (κ3) is 5.88. The zero-order chi connectivity index (χ0) is 23.8. The van der Waals surface area contributed by atoms with Crippen LogP contribution in [0.5, 0.6) is 17.2 Å². The second-order valence-electron chi connectivity index (χ2n) is 7.05. The first-order chi connectivity index (χ1) is 15.9. The van der Waals surface area contributed by atoms with E-state index >= 15 is 0 Å². The fourth-order valence-corrected chi connectivity index (χ4v) is 3.10. The number of amides is 2. The number of hydrogen-bond acceptors (Lipinski definition) is 6. The molecule has 2 amide bonds. The van der Waals surface area contributed by atoms with Gasteiger partial charge in [0, 0.05) is 5.56 Å². The molecule has 0 fully saturated rings. The largest absolute Gasteiger partial charge is 0.497 e. The highest BCUT2D eigenvalue weighted by atomic mass is 16.5. The van der Waals surface area contributed by atoms with E-state index < -0.39 is 11.8 Å². The topological polar surface area (TPSA) is 98.3 Å². The molecule has 0 bridgehead atoms. The molecule has 0 aliphatic rings. The van der Waals surface area contributed by atoms with Crippen molar-refractivity contribution in [1.82, 2.24) is 5.43 Å². The van der Waals surface area contributed by atoms with Gasteiger partial charge in [0.2, 0.25) is 0 Å². The number of ether oxygens (including phenoxy) is 3. The Morgan fingerprint density at radius 1 is 0.848 bits per heavy atom. The van der Waals surface area contributed by atoms with E-state index in [0.717, 1.165) is 11.1 Å². The number of benzene rings is 3. The zero-order valence-corrected chi connectivity index (χ0v) is 18.8. The average Bonchev–Trinajstić information content (AvgIpc) is 2.83.